The summed E-state index contributed by atoms with van der Waals surface area (Å²) in [4.78, 5) is 0.268. The summed E-state index contributed by atoms with van der Waals surface area (Å²) in [5, 5.41) is 0.536. The largest absolute Gasteiger partial charge is 0.240 e. The molecule has 1 N–H and O–H groups in total. The van der Waals surface area contributed by atoms with Crippen LogP contribution in [0.15, 0.2) is 29.2 Å². The van der Waals surface area contributed by atoms with Gasteiger partial charge in [0.05, 0.1) is 4.90 Å². The summed E-state index contributed by atoms with van der Waals surface area (Å²) in [6, 6.07) is 6.21. The van der Waals surface area contributed by atoms with Crippen LogP contribution in [0.4, 0.5) is 0 Å². The van der Waals surface area contributed by atoms with Crippen molar-refractivity contribution in [3.8, 4) is 0 Å². The smallest absolute Gasteiger partial charge is 0.208 e. The van der Waals surface area contributed by atoms with Crippen molar-refractivity contribution in [2.24, 2.45) is 5.92 Å². The summed E-state index contributed by atoms with van der Waals surface area (Å²) in [6.45, 7) is 1.91. The van der Waals surface area contributed by atoms with Gasteiger partial charge in [0.25, 0.3) is 0 Å². The molecule has 3 nitrogen and oxygen atoms in total. The Balaban J connectivity index is 2.14. The van der Waals surface area contributed by atoms with Crippen molar-refractivity contribution in [3.63, 3.8) is 0 Å². The van der Waals surface area contributed by atoms with Gasteiger partial charge in [0.1, 0.15) is 0 Å². The summed E-state index contributed by atoms with van der Waals surface area (Å²) in [5.74, 6) is 0.502. The van der Waals surface area contributed by atoms with Crippen LogP contribution in [0, 0.1) is 5.92 Å². The Morgan fingerprint density at radius 2 is 1.88 bits per heavy atom. The molecule has 1 aromatic rings. The maximum atomic E-state index is 11.9. The molecule has 0 radical (unpaired) electrons. The van der Waals surface area contributed by atoms with Crippen molar-refractivity contribution in [3.05, 3.63) is 29.3 Å². The predicted molar refractivity (Wildman–Crippen MR) is 64.0 cm³/mol. The van der Waals surface area contributed by atoms with Crippen LogP contribution >= 0.6 is 11.6 Å². The second-order valence-corrected chi connectivity index (χ2v) is 6.35. The quantitative estimate of drug-likeness (QED) is 0.903. The molecule has 0 unspecified atom stereocenters. The zero-order valence-corrected chi connectivity index (χ0v) is 10.6. The van der Waals surface area contributed by atoms with Crippen molar-refractivity contribution in [2.75, 3.05) is 0 Å². The third-order valence-electron chi connectivity index (χ3n) is 2.79. The second kappa shape index (κ2) is 4.35. The second-order valence-electron chi connectivity index (χ2n) is 4.20. The van der Waals surface area contributed by atoms with Crippen molar-refractivity contribution in [2.45, 2.75) is 30.7 Å². The molecule has 0 aliphatic heterocycles. The zero-order chi connectivity index (χ0) is 11.8. The highest BCUT2D eigenvalue weighted by atomic mass is 35.5. The van der Waals surface area contributed by atoms with E-state index in [4.69, 9.17) is 11.6 Å². The summed E-state index contributed by atoms with van der Waals surface area (Å²) in [5.41, 5.74) is 0. The molecule has 0 saturated heterocycles. The molecule has 16 heavy (non-hydrogen) atoms. The van der Waals surface area contributed by atoms with Gasteiger partial charge in [-0.3, -0.25) is 0 Å². The number of nitrogens with one attached hydrogen (secondary N) is 1. The Morgan fingerprint density at radius 1 is 1.31 bits per heavy atom. The molecule has 1 aliphatic rings. The van der Waals surface area contributed by atoms with E-state index in [1.165, 1.54) is 12.1 Å². The van der Waals surface area contributed by atoms with E-state index in [1.807, 2.05) is 6.92 Å². The van der Waals surface area contributed by atoms with Crippen LogP contribution in [0.5, 0.6) is 0 Å². The Kier molecular flexibility index (Phi) is 3.24. The highest BCUT2D eigenvalue weighted by Crippen LogP contribution is 2.33. The fourth-order valence-corrected chi connectivity index (χ4v) is 3.06. The first-order chi connectivity index (χ1) is 7.49. The standard InChI is InChI=1S/C11H14ClNO2S/c1-8(9-2-3-9)13-16(14,15)11-6-4-10(12)5-7-11/h4-9,13H,2-3H2,1H3/t8-/m1/s1. The van der Waals surface area contributed by atoms with E-state index < -0.39 is 10.0 Å². The maximum absolute atomic E-state index is 11.9. The number of hydrogen-bond donors (Lipinski definition) is 1. The summed E-state index contributed by atoms with van der Waals surface area (Å²) in [7, 11) is -3.39. The van der Waals surface area contributed by atoms with E-state index >= 15 is 0 Å². The van der Waals surface area contributed by atoms with Crippen molar-refractivity contribution < 1.29 is 8.42 Å². The third-order valence-corrected chi connectivity index (χ3v) is 4.62. The molecular formula is C11H14ClNO2S. The lowest BCUT2D eigenvalue weighted by Crippen LogP contribution is -2.33. The van der Waals surface area contributed by atoms with Gasteiger partial charge in [-0.1, -0.05) is 11.6 Å². The van der Waals surface area contributed by atoms with E-state index in [2.05, 4.69) is 4.72 Å². The minimum absolute atomic E-state index is 0.0145. The molecule has 0 amide bonds. The molecule has 2 rings (SSSR count). The number of benzene rings is 1. The minimum atomic E-state index is -3.39. The van der Waals surface area contributed by atoms with E-state index in [9.17, 15) is 8.42 Å². The molecule has 1 atom stereocenters. The molecule has 0 aromatic heterocycles. The molecule has 0 heterocycles. The van der Waals surface area contributed by atoms with Gasteiger partial charge < -0.3 is 0 Å². The number of hydrogen-bond acceptors (Lipinski definition) is 2. The summed E-state index contributed by atoms with van der Waals surface area (Å²) < 4.78 is 26.5. The maximum Gasteiger partial charge on any atom is 0.240 e. The first kappa shape index (κ1) is 11.9. The van der Waals surface area contributed by atoms with Gasteiger partial charge in [-0.15, -0.1) is 0 Å². The van der Waals surface area contributed by atoms with Gasteiger partial charge in [-0.2, -0.15) is 0 Å². The van der Waals surface area contributed by atoms with Crippen molar-refractivity contribution >= 4 is 21.6 Å². The topological polar surface area (TPSA) is 46.2 Å². The molecule has 5 heteroatoms. The lowest BCUT2D eigenvalue weighted by atomic mass is 10.2. The first-order valence-electron chi connectivity index (χ1n) is 5.27. The monoisotopic (exact) mass is 259 g/mol. The first-order valence-corrected chi connectivity index (χ1v) is 7.13. The molecule has 1 aliphatic carbocycles. The molecule has 1 aromatic carbocycles. The lowest BCUT2D eigenvalue weighted by molar-refractivity contribution is 0.538. The predicted octanol–water partition coefficient (Wildman–Crippen LogP) is 2.42. The zero-order valence-electron chi connectivity index (χ0n) is 8.98. The van der Waals surface area contributed by atoms with E-state index in [0.717, 1.165) is 12.8 Å². The fourth-order valence-electron chi connectivity index (χ4n) is 1.62. The Morgan fingerprint density at radius 3 is 2.38 bits per heavy atom. The van der Waals surface area contributed by atoms with Crippen LogP contribution in [0.2, 0.25) is 5.02 Å². The number of rotatable bonds is 4. The Hall–Kier alpha value is -0.580. The van der Waals surface area contributed by atoms with Crippen molar-refractivity contribution in [1.29, 1.82) is 0 Å². The fraction of sp³-hybridized carbons (Fsp3) is 0.455. The SMILES string of the molecule is C[C@@H](NS(=O)(=O)c1ccc(Cl)cc1)C1CC1. The van der Waals surface area contributed by atoms with Gasteiger partial charge in [-0.05, 0) is 49.9 Å². The lowest BCUT2D eigenvalue weighted by Gasteiger charge is -2.13. The van der Waals surface area contributed by atoms with E-state index in [1.54, 1.807) is 12.1 Å². The van der Waals surface area contributed by atoms with Crippen LogP contribution in [0.25, 0.3) is 0 Å². The molecule has 0 spiro atoms. The number of sulfonamides is 1. The van der Waals surface area contributed by atoms with Crippen LogP contribution in [0.3, 0.4) is 0 Å². The third kappa shape index (κ3) is 2.75. The van der Waals surface area contributed by atoms with Crippen LogP contribution < -0.4 is 4.72 Å². The normalized spacial score (nSPS) is 18.4. The van der Waals surface area contributed by atoms with E-state index in [-0.39, 0.29) is 10.9 Å². The summed E-state index contributed by atoms with van der Waals surface area (Å²) >= 11 is 5.71. The van der Waals surface area contributed by atoms with Crippen LogP contribution in [0.1, 0.15) is 19.8 Å². The molecule has 88 valence electrons. The van der Waals surface area contributed by atoms with Gasteiger partial charge in [0.15, 0.2) is 0 Å². The number of halogens is 1. The van der Waals surface area contributed by atoms with Gasteiger partial charge in [0, 0.05) is 11.1 Å². The minimum Gasteiger partial charge on any atom is -0.208 e. The highest BCUT2D eigenvalue weighted by Gasteiger charge is 2.31. The highest BCUT2D eigenvalue weighted by molar-refractivity contribution is 7.89. The summed E-state index contributed by atoms with van der Waals surface area (Å²) in [6.07, 6.45) is 2.23. The molecule has 1 fully saturated rings. The average Bonchev–Trinajstić information content (AvgIpc) is 3.00. The molecule has 1 saturated carbocycles. The molecular weight excluding hydrogens is 246 g/mol. The van der Waals surface area contributed by atoms with E-state index in [0.29, 0.717) is 10.9 Å². The van der Waals surface area contributed by atoms with Gasteiger partial charge in [-0.25, -0.2) is 13.1 Å². The average molecular weight is 260 g/mol. The molecule has 0 bridgehead atoms. The Bertz CT molecular complexity index is 465. The van der Waals surface area contributed by atoms with Gasteiger partial charge >= 0.3 is 0 Å². The van der Waals surface area contributed by atoms with Crippen LogP contribution in [-0.2, 0) is 10.0 Å². The van der Waals surface area contributed by atoms with Crippen LogP contribution in [-0.4, -0.2) is 14.5 Å². The Labute approximate surface area is 101 Å². The van der Waals surface area contributed by atoms with Crippen molar-refractivity contribution in [1.82, 2.24) is 4.72 Å². The van der Waals surface area contributed by atoms with Gasteiger partial charge in [0.2, 0.25) is 10.0 Å².